The molecule has 1 unspecified atom stereocenters. The predicted molar refractivity (Wildman–Crippen MR) is 98.8 cm³/mol. The first-order chi connectivity index (χ1) is 11.7. The number of hydrogen-bond acceptors (Lipinski definition) is 3. The molecule has 1 aromatic rings. The molecule has 0 aromatic heterocycles. The van der Waals surface area contributed by atoms with Crippen molar-refractivity contribution in [2.75, 3.05) is 33.4 Å². The summed E-state index contributed by atoms with van der Waals surface area (Å²) in [6.07, 6.45) is 3.74. The van der Waals surface area contributed by atoms with Crippen molar-refractivity contribution < 1.29 is 9.47 Å². The second-order valence-corrected chi connectivity index (χ2v) is 6.50. The lowest BCUT2D eigenvalue weighted by molar-refractivity contribution is 0.123. The molecule has 1 atom stereocenters. The van der Waals surface area contributed by atoms with Gasteiger partial charge in [0.25, 0.3) is 0 Å². The molecule has 2 N–H and O–H groups in total. The van der Waals surface area contributed by atoms with Crippen LogP contribution in [0, 0.1) is 12.8 Å². The molecule has 0 saturated heterocycles. The van der Waals surface area contributed by atoms with Crippen LogP contribution in [-0.2, 0) is 4.74 Å². The van der Waals surface area contributed by atoms with Crippen LogP contribution in [0.5, 0.6) is 5.75 Å². The summed E-state index contributed by atoms with van der Waals surface area (Å²) >= 11 is 0. The second kappa shape index (κ2) is 10.2. The van der Waals surface area contributed by atoms with E-state index in [-0.39, 0.29) is 6.10 Å². The number of hydrogen-bond donors (Lipinski definition) is 2. The summed E-state index contributed by atoms with van der Waals surface area (Å²) in [7, 11) is 1.78. The standard InChI is InChI=1S/C19H31N3O2/c1-15-6-4-7-18(12-15)24-16(2)13-22-19(20-3)21-10-5-11-23-14-17-8-9-17/h4,6-7,12,16-17H,5,8-11,13-14H2,1-3H3,(H2,20,21,22). The molecular weight excluding hydrogens is 302 g/mol. The summed E-state index contributed by atoms with van der Waals surface area (Å²) in [4.78, 5) is 4.24. The molecule has 0 aliphatic heterocycles. The number of nitrogens with zero attached hydrogens (tertiary/aromatic N) is 1. The minimum absolute atomic E-state index is 0.0622. The van der Waals surface area contributed by atoms with Gasteiger partial charge in [-0.05, 0) is 56.7 Å². The highest BCUT2D eigenvalue weighted by molar-refractivity contribution is 5.79. The minimum atomic E-state index is 0.0622. The van der Waals surface area contributed by atoms with E-state index in [1.165, 1.54) is 18.4 Å². The van der Waals surface area contributed by atoms with Gasteiger partial charge < -0.3 is 20.1 Å². The fraction of sp³-hybridized carbons (Fsp3) is 0.632. The van der Waals surface area contributed by atoms with Crippen LogP contribution in [0.25, 0.3) is 0 Å². The molecule has 1 aliphatic carbocycles. The Labute approximate surface area is 145 Å². The third-order valence-corrected chi connectivity index (χ3v) is 3.92. The Balaban J connectivity index is 1.56. The number of guanidine groups is 1. The van der Waals surface area contributed by atoms with Gasteiger partial charge in [-0.3, -0.25) is 4.99 Å². The summed E-state index contributed by atoms with van der Waals surface area (Å²) in [6, 6.07) is 8.11. The highest BCUT2D eigenvalue weighted by Crippen LogP contribution is 2.28. The van der Waals surface area contributed by atoms with Crippen molar-refractivity contribution in [3.05, 3.63) is 29.8 Å². The zero-order valence-corrected chi connectivity index (χ0v) is 15.2. The van der Waals surface area contributed by atoms with Crippen LogP contribution < -0.4 is 15.4 Å². The lowest BCUT2D eigenvalue weighted by Crippen LogP contribution is -2.42. The largest absolute Gasteiger partial charge is 0.489 e. The van der Waals surface area contributed by atoms with Crippen LogP contribution in [0.1, 0.15) is 31.7 Å². The van der Waals surface area contributed by atoms with Crippen LogP contribution in [-0.4, -0.2) is 45.4 Å². The third kappa shape index (κ3) is 7.68. The van der Waals surface area contributed by atoms with E-state index in [1.807, 2.05) is 25.1 Å². The minimum Gasteiger partial charge on any atom is -0.489 e. The van der Waals surface area contributed by atoms with Crippen LogP contribution in [0.4, 0.5) is 0 Å². The molecule has 5 heteroatoms. The van der Waals surface area contributed by atoms with Crippen LogP contribution in [0.15, 0.2) is 29.3 Å². The third-order valence-electron chi connectivity index (χ3n) is 3.92. The quantitative estimate of drug-likeness (QED) is 0.393. The Bertz CT molecular complexity index is 515. The van der Waals surface area contributed by atoms with Gasteiger partial charge in [0.05, 0.1) is 6.54 Å². The van der Waals surface area contributed by atoms with Gasteiger partial charge in [-0.25, -0.2) is 0 Å². The predicted octanol–water partition coefficient (Wildman–Crippen LogP) is 2.74. The zero-order chi connectivity index (χ0) is 17.2. The maximum Gasteiger partial charge on any atom is 0.191 e. The molecule has 0 amide bonds. The van der Waals surface area contributed by atoms with Crippen molar-refractivity contribution in [3.63, 3.8) is 0 Å². The topological polar surface area (TPSA) is 54.9 Å². The molecular formula is C19H31N3O2. The molecule has 24 heavy (non-hydrogen) atoms. The van der Waals surface area contributed by atoms with Gasteiger partial charge in [0.1, 0.15) is 11.9 Å². The number of aryl methyl sites for hydroxylation is 1. The monoisotopic (exact) mass is 333 g/mol. The molecule has 1 aromatic carbocycles. The molecule has 1 saturated carbocycles. The Morgan fingerprint density at radius 2 is 2.17 bits per heavy atom. The van der Waals surface area contributed by atoms with Crippen LogP contribution in [0.3, 0.4) is 0 Å². The van der Waals surface area contributed by atoms with Crippen molar-refractivity contribution in [2.24, 2.45) is 10.9 Å². The van der Waals surface area contributed by atoms with Gasteiger partial charge in [-0.15, -0.1) is 0 Å². The van der Waals surface area contributed by atoms with E-state index >= 15 is 0 Å². The fourth-order valence-electron chi connectivity index (χ4n) is 2.34. The van der Waals surface area contributed by atoms with Gasteiger partial charge in [-0.1, -0.05) is 12.1 Å². The Morgan fingerprint density at radius 3 is 2.88 bits per heavy atom. The summed E-state index contributed by atoms with van der Waals surface area (Å²) < 4.78 is 11.5. The van der Waals surface area contributed by atoms with E-state index in [2.05, 4.69) is 28.6 Å². The van der Waals surface area contributed by atoms with Gasteiger partial charge in [-0.2, -0.15) is 0 Å². The summed E-state index contributed by atoms with van der Waals surface area (Å²) in [5.41, 5.74) is 1.20. The van der Waals surface area contributed by atoms with E-state index in [1.54, 1.807) is 7.05 Å². The maximum absolute atomic E-state index is 5.91. The SMILES string of the molecule is CN=C(NCCCOCC1CC1)NCC(C)Oc1cccc(C)c1. The van der Waals surface area contributed by atoms with Gasteiger partial charge >= 0.3 is 0 Å². The lowest BCUT2D eigenvalue weighted by atomic mass is 10.2. The Hall–Kier alpha value is -1.75. The van der Waals surface area contributed by atoms with E-state index in [0.717, 1.165) is 43.8 Å². The molecule has 1 fully saturated rings. The second-order valence-electron chi connectivity index (χ2n) is 6.50. The van der Waals surface area contributed by atoms with E-state index in [9.17, 15) is 0 Å². The molecule has 0 radical (unpaired) electrons. The van der Waals surface area contributed by atoms with Crippen molar-refractivity contribution in [3.8, 4) is 5.75 Å². The number of aliphatic imine (C=N–C) groups is 1. The van der Waals surface area contributed by atoms with E-state index < -0.39 is 0 Å². The zero-order valence-electron chi connectivity index (χ0n) is 15.2. The smallest absolute Gasteiger partial charge is 0.191 e. The Morgan fingerprint density at radius 1 is 1.33 bits per heavy atom. The average Bonchev–Trinajstić information content (AvgIpc) is 3.37. The molecule has 0 heterocycles. The molecule has 2 rings (SSSR count). The highest BCUT2D eigenvalue weighted by atomic mass is 16.5. The summed E-state index contributed by atoms with van der Waals surface area (Å²) in [5, 5.41) is 6.60. The van der Waals surface area contributed by atoms with Crippen molar-refractivity contribution >= 4 is 5.96 Å². The first-order valence-electron chi connectivity index (χ1n) is 8.93. The molecule has 0 bridgehead atoms. The van der Waals surface area contributed by atoms with Crippen molar-refractivity contribution in [1.29, 1.82) is 0 Å². The summed E-state index contributed by atoms with van der Waals surface area (Å²) in [6.45, 7) is 7.42. The molecule has 134 valence electrons. The summed E-state index contributed by atoms with van der Waals surface area (Å²) in [5.74, 6) is 2.54. The lowest BCUT2D eigenvalue weighted by Gasteiger charge is -2.18. The number of nitrogens with one attached hydrogen (secondary N) is 2. The van der Waals surface area contributed by atoms with Gasteiger partial charge in [0.2, 0.25) is 0 Å². The highest BCUT2D eigenvalue weighted by Gasteiger charge is 2.20. The normalized spacial score (nSPS) is 15.9. The van der Waals surface area contributed by atoms with Crippen molar-refractivity contribution in [1.82, 2.24) is 10.6 Å². The number of ether oxygens (including phenoxy) is 2. The molecule has 0 spiro atoms. The van der Waals surface area contributed by atoms with E-state index in [4.69, 9.17) is 9.47 Å². The maximum atomic E-state index is 5.91. The molecule has 5 nitrogen and oxygen atoms in total. The number of benzene rings is 1. The van der Waals surface area contributed by atoms with Crippen LogP contribution in [0.2, 0.25) is 0 Å². The first kappa shape index (κ1) is 18.6. The molecule has 1 aliphatic rings. The number of rotatable bonds is 10. The average molecular weight is 333 g/mol. The fourth-order valence-corrected chi connectivity index (χ4v) is 2.34. The van der Waals surface area contributed by atoms with Gasteiger partial charge in [0.15, 0.2) is 5.96 Å². The van der Waals surface area contributed by atoms with Crippen molar-refractivity contribution in [2.45, 2.75) is 39.2 Å². The van der Waals surface area contributed by atoms with Crippen LogP contribution >= 0.6 is 0 Å². The van der Waals surface area contributed by atoms with E-state index in [0.29, 0.717) is 6.54 Å². The Kier molecular flexibility index (Phi) is 7.89. The van der Waals surface area contributed by atoms with Gasteiger partial charge in [0, 0.05) is 26.8 Å². The first-order valence-corrected chi connectivity index (χ1v) is 8.93.